The van der Waals surface area contributed by atoms with E-state index in [1.54, 1.807) is 25.3 Å². The van der Waals surface area contributed by atoms with Crippen LogP contribution in [0, 0.1) is 0 Å². The van der Waals surface area contributed by atoms with Gasteiger partial charge in [-0.1, -0.05) is 24.3 Å². The van der Waals surface area contributed by atoms with E-state index < -0.39 is 5.97 Å². The molecule has 0 radical (unpaired) electrons. The minimum atomic E-state index is -0.922. The van der Waals surface area contributed by atoms with Crippen LogP contribution in [0.25, 0.3) is 0 Å². The average molecular weight is 271 g/mol. The van der Waals surface area contributed by atoms with Crippen molar-refractivity contribution in [1.29, 1.82) is 0 Å². The Morgan fingerprint density at radius 2 is 2.00 bits per heavy atom. The van der Waals surface area contributed by atoms with E-state index in [1.165, 1.54) is 0 Å². The summed E-state index contributed by atoms with van der Waals surface area (Å²) in [6, 6.07) is 14.7. The third-order valence-electron chi connectivity index (χ3n) is 3.02. The Morgan fingerprint density at radius 3 is 2.75 bits per heavy atom. The lowest BCUT2D eigenvalue weighted by atomic mass is 10.1. The molecule has 4 heteroatoms. The number of rotatable bonds is 6. The van der Waals surface area contributed by atoms with Crippen molar-refractivity contribution in [2.75, 3.05) is 19.0 Å². The van der Waals surface area contributed by atoms with Crippen molar-refractivity contribution in [2.45, 2.75) is 6.42 Å². The first kappa shape index (κ1) is 13.9. The zero-order valence-electron chi connectivity index (χ0n) is 11.3. The molecule has 0 aromatic heterocycles. The van der Waals surface area contributed by atoms with Gasteiger partial charge in [0.2, 0.25) is 0 Å². The Bertz CT molecular complexity index is 596. The highest BCUT2D eigenvalue weighted by atomic mass is 16.5. The van der Waals surface area contributed by atoms with Gasteiger partial charge in [-0.15, -0.1) is 0 Å². The van der Waals surface area contributed by atoms with E-state index in [0.29, 0.717) is 12.2 Å². The van der Waals surface area contributed by atoms with Crippen LogP contribution in [-0.4, -0.2) is 24.7 Å². The van der Waals surface area contributed by atoms with Crippen molar-refractivity contribution in [3.05, 3.63) is 59.7 Å². The van der Waals surface area contributed by atoms with Gasteiger partial charge in [-0.3, -0.25) is 0 Å². The van der Waals surface area contributed by atoms with Crippen LogP contribution in [0.15, 0.2) is 48.5 Å². The summed E-state index contributed by atoms with van der Waals surface area (Å²) in [6.07, 6.45) is 0.797. The first-order chi connectivity index (χ1) is 9.70. The van der Waals surface area contributed by atoms with Gasteiger partial charge in [-0.05, 0) is 36.2 Å². The molecule has 0 unspecified atom stereocenters. The van der Waals surface area contributed by atoms with E-state index in [-0.39, 0.29) is 5.56 Å². The number of anilines is 1. The molecule has 2 rings (SSSR count). The van der Waals surface area contributed by atoms with Crippen molar-refractivity contribution >= 4 is 11.7 Å². The van der Waals surface area contributed by atoms with Gasteiger partial charge in [0.25, 0.3) is 0 Å². The Kier molecular flexibility index (Phi) is 4.60. The first-order valence-electron chi connectivity index (χ1n) is 6.40. The molecule has 0 amide bonds. The lowest BCUT2D eigenvalue weighted by Gasteiger charge is -2.10. The second-order valence-corrected chi connectivity index (χ2v) is 4.38. The molecule has 104 valence electrons. The zero-order valence-corrected chi connectivity index (χ0v) is 11.3. The fraction of sp³-hybridized carbons (Fsp3) is 0.188. The highest BCUT2D eigenvalue weighted by Crippen LogP contribution is 2.16. The molecule has 0 aliphatic rings. The molecule has 0 fully saturated rings. The van der Waals surface area contributed by atoms with Crippen molar-refractivity contribution < 1.29 is 14.6 Å². The van der Waals surface area contributed by atoms with Gasteiger partial charge in [0.05, 0.1) is 12.7 Å². The molecule has 2 N–H and O–H groups in total. The summed E-state index contributed by atoms with van der Waals surface area (Å²) < 4.78 is 5.17. The summed E-state index contributed by atoms with van der Waals surface area (Å²) in [5.74, 6) is -0.0945. The summed E-state index contributed by atoms with van der Waals surface area (Å²) in [4.78, 5) is 11.1. The van der Waals surface area contributed by atoms with E-state index in [9.17, 15) is 4.79 Å². The van der Waals surface area contributed by atoms with Crippen LogP contribution in [0.2, 0.25) is 0 Å². The second-order valence-electron chi connectivity index (χ2n) is 4.38. The fourth-order valence-electron chi connectivity index (χ4n) is 1.99. The maximum absolute atomic E-state index is 11.1. The Hall–Kier alpha value is -2.49. The van der Waals surface area contributed by atoms with Crippen molar-refractivity contribution in [3.8, 4) is 5.75 Å². The molecule has 0 heterocycles. The second kappa shape index (κ2) is 6.61. The van der Waals surface area contributed by atoms with Crippen LogP contribution in [0.1, 0.15) is 15.9 Å². The van der Waals surface area contributed by atoms with Gasteiger partial charge < -0.3 is 15.2 Å². The van der Waals surface area contributed by atoms with Crippen LogP contribution < -0.4 is 10.1 Å². The van der Waals surface area contributed by atoms with E-state index in [2.05, 4.69) is 5.32 Å². The van der Waals surface area contributed by atoms with Crippen LogP contribution in [-0.2, 0) is 6.42 Å². The van der Waals surface area contributed by atoms with Gasteiger partial charge in [0.15, 0.2) is 0 Å². The fourth-order valence-corrected chi connectivity index (χ4v) is 1.99. The summed E-state index contributed by atoms with van der Waals surface area (Å²) >= 11 is 0. The van der Waals surface area contributed by atoms with E-state index in [4.69, 9.17) is 9.84 Å². The highest BCUT2D eigenvalue weighted by molar-refractivity contribution is 5.94. The third-order valence-corrected chi connectivity index (χ3v) is 3.02. The summed E-state index contributed by atoms with van der Waals surface area (Å²) in [6.45, 7) is 0.664. The molecule has 2 aromatic carbocycles. The van der Waals surface area contributed by atoms with Gasteiger partial charge >= 0.3 is 5.97 Å². The predicted octanol–water partition coefficient (Wildman–Crippen LogP) is 3.05. The Morgan fingerprint density at radius 1 is 1.20 bits per heavy atom. The van der Waals surface area contributed by atoms with Gasteiger partial charge in [-0.2, -0.15) is 0 Å². The van der Waals surface area contributed by atoms with Gasteiger partial charge in [-0.25, -0.2) is 4.79 Å². The molecular weight excluding hydrogens is 254 g/mol. The molecule has 0 saturated carbocycles. The normalized spacial score (nSPS) is 10.1. The van der Waals surface area contributed by atoms with E-state index >= 15 is 0 Å². The number of ether oxygens (including phenoxy) is 1. The lowest BCUT2D eigenvalue weighted by molar-refractivity contribution is 0.0698. The number of carboxylic acids is 1. The number of hydrogen-bond acceptors (Lipinski definition) is 3. The number of para-hydroxylation sites is 1. The lowest BCUT2D eigenvalue weighted by Crippen LogP contribution is -2.09. The summed E-state index contributed by atoms with van der Waals surface area (Å²) in [7, 11) is 1.64. The highest BCUT2D eigenvalue weighted by Gasteiger charge is 2.07. The minimum Gasteiger partial charge on any atom is -0.497 e. The molecule has 20 heavy (non-hydrogen) atoms. The summed E-state index contributed by atoms with van der Waals surface area (Å²) in [5.41, 5.74) is 2.07. The Balaban J connectivity index is 1.97. The van der Waals surface area contributed by atoms with E-state index in [0.717, 1.165) is 17.7 Å². The number of carboxylic acid groups (broad SMARTS) is 1. The number of nitrogens with one attached hydrogen (secondary N) is 1. The number of aromatic carboxylic acids is 1. The van der Waals surface area contributed by atoms with Crippen molar-refractivity contribution in [3.63, 3.8) is 0 Å². The number of benzene rings is 2. The summed E-state index contributed by atoms with van der Waals surface area (Å²) in [5, 5.41) is 12.3. The largest absolute Gasteiger partial charge is 0.497 e. The number of carbonyl (C=O) groups is 1. The molecule has 0 atom stereocenters. The number of methoxy groups -OCH3 is 1. The first-order valence-corrected chi connectivity index (χ1v) is 6.40. The smallest absolute Gasteiger partial charge is 0.337 e. The SMILES string of the molecule is COc1cccc(CCNc2ccccc2C(=O)O)c1. The minimum absolute atomic E-state index is 0.290. The van der Waals surface area contributed by atoms with Crippen LogP contribution in [0.5, 0.6) is 5.75 Å². The third kappa shape index (κ3) is 3.51. The van der Waals surface area contributed by atoms with Crippen LogP contribution >= 0.6 is 0 Å². The average Bonchev–Trinajstić information content (AvgIpc) is 2.48. The molecule has 0 bridgehead atoms. The van der Waals surface area contributed by atoms with Crippen LogP contribution in [0.4, 0.5) is 5.69 Å². The van der Waals surface area contributed by atoms with Crippen molar-refractivity contribution in [2.24, 2.45) is 0 Å². The molecule has 0 spiro atoms. The quantitative estimate of drug-likeness (QED) is 0.847. The zero-order chi connectivity index (χ0) is 14.4. The topological polar surface area (TPSA) is 58.6 Å². The maximum atomic E-state index is 11.1. The van der Waals surface area contributed by atoms with Crippen molar-refractivity contribution in [1.82, 2.24) is 0 Å². The molecule has 0 aliphatic heterocycles. The monoisotopic (exact) mass is 271 g/mol. The van der Waals surface area contributed by atoms with Gasteiger partial charge in [0.1, 0.15) is 5.75 Å². The molecule has 4 nitrogen and oxygen atoms in total. The van der Waals surface area contributed by atoms with E-state index in [1.807, 2.05) is 30.3 Å². The molecule has 0 saturated heterocycles. The molecule has 2 aromatic rings. The Labute approximate surface area is 118 Å². The predicted molar refractivity (Wildman–Crippen MR) is 78.6 cm³/mol. The van der Waals surface area contributed by atoms with Crippen LogP contribution in [0.3, 0.4) is 0 Å². The maximum Gasteiger partial charge on any atom is 0.337 e. The molecular formula is C16H17NO3. The molecule has 0 aliphatic carbocycles. The standard InChI is InChI=1S/C16H17NO3/c1-20-13-6-4-5-12(11-13)9-10-17-15-8-3-2-7-14(15)16(18)19/h2-8,11,17H,9-10H2,1H3,(H,18,19). The number of hydrogen-bond donors (Lipinski definition) is 2. The van der Waals surface area contributed by atoms with Gasteiger partial charge in [0, 0.05) is 12.2 Å².